The van der Waals surface area contributed by atoms with Gasteiger partial charge in [0.25, 0.3) is 0 Å². The van der Waals surface area contributed by atoms with Crippen molar-refractivity contribution in [2.24, 2.45) is 0 Å². The fourth-order valence-corrected chi connectivity index (χ4v) is 2.94. The standard InChI is InChI=1S/C15H18N2O4S/c1-8(10-5-6-11(20-3)12(7-10)21-4)16-15-17-9(2)13(22-15)14(18)19/h5-8H,1-4H3,(H,16,17)(H,18,19)/t8-/m0/s1. The number of rotatable bonds is 6. The highest BCUT2D eigenvalue weighted by Gasteiger charge is 2.16. The van der Waals surface area contributed by atoms with E-state index in [1.165, 1.54) is 0 Å². The summed E-state index contributed by atoms with van der Waals surface area (Å²) in [5.41, 5.74) is 1.50. The number of carboxylic acids is 1. The van der Waals surface area contributed by atoms with Crippen molar-refractivity contribution in [1.29, 1.82) is 0 Å². The third-order valence-corrected chi connectivity index (χ3v) is 4.32. The summed E-state index contributed by atoms with van der Waals surface area (Å²) >= 11 is 1.13. The number of benzene rings is 1. The molecule has 0 saturated carbocycles. The van der Waals surface area contributed by atoms with E-state index in [1.807, 2.05) is 25.1 Å². The van der Waals surface area contributed by atoms with Gasteiger partial charge in [0.2, 0.25) is 0 Å². The zero-order valence-electron chi connectivity index (χ0n) is 12.8. The Morgan fingerprint density at radius 3 is 2.55 bits per heavy atom. The Hall–Kier alpha value is -2.28. The summed E-state index contributed by atoms with van der Waals surface area (Å²) in [5.74, 6) is 0.355. The highest BCUT2D eigenvalue weighted by molar-refractivity contribution is 7.17. The first-order chi connectivity index (χ1) is 10.5. The summed E-state index contributed by atoms with van der Waals surface area (Å²) in [7, 11) is 3.17. The monoisotopic (exact) mass is 322 g/mol. The molecule has 0 unspecified atom stereocenters. The molecule has 118 valence electrons. The third kappa shape index (κ3) is 3.30. The van der Waals surface area contributed by atoms with E-state index in [0.717, 1.165) is 16.9 Å². The van der Waals surface area contributed by atoms with Crippen LogP contribution in [-0.4, -0.2) is 30.3 Å². The van der Waals surface area contributed by atoms with Crippen LogP contribution in [0.25, 0.3) is 0 Å². The highest BCUT2D eigenvalue weighted by Crippen LogP contribution is 2.32. The van der Waals surface area contributed by atoms with Gasteiger partial charge in [-0.1, -0.05) is 17.4 Å². The van der Waals surface area contributed by atoms with Gasteiger partial charge in [0, 0.05) is 0 Å². The van der Waals surface area contributed by atoms with Gasteiger partial charge in [0.1, 0.15) is 4.88 Å². The lowest BCUT2D eigenvalue weighted by Crippen LogP contribution is -2.06. The van der Waals surface area contributed by atoms with Gasteiger partial charge in [-0.3, -0.25) is 0 Å². The quantitative estimate of drug-likeness (QED) is 0.849. The number of hydrogen-bond donors (Lipinski definition) is 2. The molecule has 0 saturated heterocycles. The molecule has 0 fully saturated rings. The number of nitrogens with one attached hydrogen (secondary N) is 1. The predicted octanol–water partition coefficient (Wildman–Crippen LogP) is 3.34. The Morgan fingerprint density at radius 2 is 2.00 bits per heavy atom. The van der Waals surface area contributed by atoms with Crippen LogP contribution in [0.2, 0.25) is 0 Å². The summed E-state index contributed by atoms with van der Waals surface area (Å²) in [6.45, 7) is 3.66. The van der Waals surface area contributed by atoms with Gasteiger partial charge in [-0.2, -0.15) is 0 Å². The minimum atomic E-state index is -0.957. The molecule has 6 nitrogen and oxygen atoms in total. The second-order valence-electron chi connectivity index (χ2n) is 4.72. The lowest BCUT2D eigenvalue weighted by Gasteiger charge is -2.15. The minimum Gasteiger partial charge on any atom is -0.493 e. The number of hydrogen-bond acceptors (Lipinski definition) is 6. The van der Waals surface area contributed by atoms with E-state index < -0.39 is 5.97 Å². The molecule has 1 atom stereocenters. The average molecular weight is 322 g/mol. The second kappa shape index (κ2) is 6.65. The molecule has 2 rings (SSSR count). The molecule has 22 heavy (non-hydrogen) atoms. The van der Waals surface area contributed by atoms with Crippen molar-refractivity contribution in [3.8, 4) is 11.5 Å². The molecule has 0 aliphatic rings. The SMILES string of the molecule is COc1ccc([C@H](C)Nc2nc(C)c(C(=O)O)s2)cc1OC. The largest absolute Gasteiger partial charge is 0.493 e. The summed E-state index contributed by atoms with van der Waals surface area (Å²) in [4.78, 5) is 15.6. The van der Waals surface area contributed by atoms with Gasteiger partial charge in [0.15, 0.2) is 16.6 Å². The van der Waals surface area contributed by atoms with Crippen molar-refractivity contribution in [2.45, 2.75) is 19.9 Å². The van der Waals surface area contributed by atoms with Crippen molar-refractivity contribution in [3.05, 3.63) is 34.3 Å². The minimum absolute atomic E-state index is 0.0491. The lowest BCUT2D eigenvalue weighted by molar-refractivity contribution is 0.0701. The van der Waals surface area contributed by atoms with Gasteiger partial charge < -0.3 is 19.9 Å². The van der Waals surface area contributed by atoms with Gasteiger partial charge in [-0.25, -0.2) is 9.78 Å². The van der Waals surface area contributed by atoms with Crippen LogP contribution < -0.4 is 14.8 Å². The Kier molecular flexibility index (Phi) is 4.87. The predicted molar refractivity (Wildman–Crippen MR) is 85.4 cm³/mol. The first-order valence-corrected chi connectivity index (χ1v) is 7.47. The molecule has 0 radical (unpaired) electrons. The number of aryl methyl sites for hydroxylation is 1. The first kappa shape index (κ1) is 16.1. The number of ether oxygens (including phenoxy) is 2. The van der Waals surface area contributed by atoms with Crippen molar-refractivity contribution in [1.82, 2.24) is 4.98 Å². The highest BCUT2D eigenvalue weighted by atomic mass is 32.1. The molecule has 0 bridgehead atoms. The number of methoxy groups -OCH3 is 2. The fourth-order valence-electron chi connectivity index (χ4n) is 2.05. The molecule has 0 aliphatic carbocycles. The molecular formula is C15H18N2O4S. The van der Waals surface area contributed by atoms with Crippen LogP contribution in [0.5, 0.6) is 11.5 Å². The molecule has 1 aromatic carbocycles. The van der Waals surface area contributed by atoms with E-state index in [-0.39, 0.29) is 10.9 Å². The number of thiazole rings is 1. The van der Waals surface area contributed by atoms with Gasteiger partial charge in [-0.05, 0) is 31.5 Å². The maximum Gasteiger partial charge on any atom is 0.347 e. The van der Waals surface area contributed by atoms with Crippen LogP contribution in [0.3, 0.4) is 0 Å². The maximum atomic E-state index is 11.1. The summed E-state index contributed by atoms with van der Waals surface area (Å²) in [6, 6.07) is 5.60. The van der Waals surface area contributed by atoms with Gasteiger partial charge in [-0.15, -0.1) is 0 Å². The van der Waals surface area contributed by atoms with Crippen molar-refractivity contribution < 1.29 is 19.4 Å². The van der Waals surface area contributed by atoms with Crippen molar-refractivity contribution in [2.75, 3.05) is 19.5 Å². The molecular weight excluding hydrogens is 304 g/mol. The first-order valence-electron chi connectivity index (χ1n) is 6.65. The number of nitrogens with zero attached hydrogens (tertiary/aromatic N) is 1. The fraction of sp³-hybridized carbons (Fsp3) is 0.333. The van der Waals surface area contributed by atoms with Gasteiger partial charge in [0.05, 0.1) is 26.0 Å². The van der Waals surface area contributed by atoms with Crippen molar-refractivity contribution in [3.63, 3.8) is 0 Å². The van der Waals surface area contributed by atoms with E-state index in [2.05, 4.69) is 10.3 Å². The van der Waals surface area contributed by atoms with Crippen LogP contribution in [0.1, 0.15) is 33.9 Å². The third-order valence-electron chi connectivity index (χ3n) is 3.24. The number of carboxylic acid groups (broad SMARTS) is 1. The molecule has 0 spiro atoms. The number of anilines is 1. The normalized spacial score (nSPS) is 11.8. The Balaban J connectivity index is 2.20. The van der Waals surface area contributed by atoms with E-state index in [4.69, 9.17) is 14.6 Å². The molecule has 0 aliphatic heterocycles. The summed E-state index contributed by atoms with van der Waals surface area (Å²) < 4.78 is 10.5. The molecule has 1 heterocycles. The molecule has 1 aromatic heterocycles. The number of carbonyl (C=O) groups is 1. The summed E-state index contributed by atoms with van der Waals surface area (Å²) in [5, 5.41) is 12.9. The number of aromatic carboxylic acids is 1. The molecule has 2 N–H and O–H groups in total. The Bertz CT molecular complexity index is 684. The summed E-state index contributed by atoms with van der Waals surface area (Å²) in [6.07, 6.45) is 0. The number of aromatic nitrogens is 1. The second-order valence-corrected chi connectivity index (χ2v) is 5.72. The molecule has 2 aromatic rings. The van der Waals surface area contributed by atoms with Crippen molar-refractivity contribution >= 4 is 22.4 Å². The van der Waals surface area contributed by atoms with Crippen LogP contribution in [0.15, 0.2) is 18.2 Å². The maximum absolute atomic E-state index is 11.1. The van der Waals surface area contributed by atoms with Gasteiger partial charge >= 0.3 is 5.97 Å². The van der Waals surface area contributed by atoms with Crippen LogP contribution in [-0.2, 0) is 0 Å². The average Bonchev–Trinajstić information content (AvgIpc) is 2.87. The van der Waals surface area contributed by atoms with E-state index in [9.17, 15) is 4.79 Å². The molecule has 7 heteroatoms. The van der Waals surface area contributed by atoms with E-state index >= 15 is 0 Å². The zero-order chi connectivity index (χ0) is 16.3. The molecule has 0 amide bonds. The zero-order valence-corrected chi connectivity index (χ0v) is 13.7. The van der Waals surface area contributed by atoms with Crippen LogP contribution in [0, 0.1) is 6.92 Å². The topological polar surface area (TPSA) is 80.7 Å². The van der Waals surface area contributed by atoms with Crippen LogP contribution >= 0.6 is 11.3 Å². The Morgan fingerprint density at radius 1 is 1.32 bits per heavy atom. The van der Waals surface area contributed by atoms with E-state index in [0.29, 0.717) is 22.3 Å². The van der Waals surface area contributed by atoms with E-state index in [1.54, 1.807) is 21.1 Å². The Labute approximate surface area is 132 Å². The smallest absolute Gasteiger partial charge is 0.347 e. The lowest BCUT2D eigenvalue weighted by atomic mass is 10.1. The van der Waals surface area contributed by atoms with Crippen LogP contribution in [0.4, 0.5) is 5.13 Å².